The van der Waals surface area contributed by atoms with Crippen LogP contribution in [0, 0.1) is 10.1 Å². The van der Waals surface area contributed by atoms with E-state index in [9.17, 15) is 43.7 Å². The van der Waals surface area contributed by atoms with E-state index in [1.807, 2.05) is 18.2 Å². The number of fused-ring (bicyclic) bond motifs is 2. The summed E-state index contributed by atoms with van der Waals surface area (Å²) in [5.74, 6) is -6.53. The van der Waals surface area contributed by atoms with E-state index in [2.05, 4.69) is 51.8 Å². The smallest absolute Gasteiger partial charge is 0.270 e. The van der Waals surface area contributed by atoms with E-state index in [1.54, 1.807) is 42.6 Å². The number of amides is 7. The molecule has 5 aromatic rings. The molecule has 1 aliphatic rings. The van der Waals surface area contributed by atoms with Crippen LogP contribution in [0.4, 0.5) is 5.69 Å². The molecule has 2 aromatic heterocycles. The average Bonchev–Trinajstić information content (AvgIpc) is 4.00. The van der Waals surface area contributed by atoms with Crippen molar-refractivity contribution in [2.75, 3.05) is 12.3 Å². The third kappa shape index (κ3) is 13.9. The van der Waals surface area contributed by atoms with Gasteiger partial charge in [-0.2, -0.15) is 0 Å². The van der Waals surface area contributed by atoms with Crippen LogP contribution >= 0.6 is 11.8 Å². The van der Waals surface area contributed by atoms with Crippen LogP contribution in [-0.4, -0.2) is 116 Å². The molecule has 0 unspecified atom stereocenters. The molecule has 1 aliphatic heterocycles. The maximum atomic E-state index is 14.5. The number of primary amides is 1. The Morgan fingerprint density at radius 3 is 2.09 bits per heavy atom. The van der Waals surface area contributed by atoms with E-state index >= 15 is 0 Å². The van der Waals surface area contributed by atoms with Crippen molar-refractivity contribution in [3.8, 4) is 0 Å². The lowest BCUT2D eigenvalue weighted by molar-refractivity contribution is -0.384. The van der Waals surface area contributed by atoms with Crippen LogP contribution in [0.5, 0.6) is 0 Å². The highest BCUT2D eigenvalue weighted by molar-refractivity contribution is 7.99. The number of carbonyl (C=O) groups is 7. The van der Waals surface area contributed by atoms with E-state index in [4.69, 9.17) is 17.2 Å². The van der Waals surface area contributed by atoms with Crippen LogP contribution in [0.25, 0.3) is 10.9 Å². The summed E-state index contributed by atoms with van der Waals surface area (Å²) in [6.07, 6.45) is 4.24. The van der Waals surface area contributed by atoms with Gasteiger partial charge in [-0.05, 0) is 43.0 Å². The van der Waals surface area contributed by atoms with Gasteiger partial charge in [0.1, 0.15) is 36.3 Å². The van der Waals surface area contributed by atoms with Crippen LogP contribution in [0.15, 0.2) is 101 Å². The molecule has 3 heterocycles. The van der Waals surface area contributed by atoms with Gasteiger partial charge in [0.25, 0.3) is 11.6 Å². The number of carbonyl (C=O) groups excluding carboxylic acids is 7. The van der Waals surface area contributed by atoms with Crippen molar-refractivity contribution in [2.24, 2.45) is 22.2 Å². The number of hydrogen-bond acceptors (Lipinski definition) is 12. The number of nitrogens with two attached hydrogens (primary N) is 3. The van der Waals surface area contributed by atoms with Gasteiger partial charge in [0.05, 0.1) is 16.8 Å². The van der Waals surface area contributed by atoms with Crippen molar-refractivity contribution >= 4 is 75.7 Å². The number of nitro groups is 1. The van der Waals surface area contributed by atoms with E-state index in [-0.39, 0.29) is 60.8 Å². The second-order valence-electron chi connectivity index (χ2n) is 16.1. The Bertz CT molecular complexity index is 2710. The average molecular weight is 965 g/mol. The van der Waals surface area contributed by atoms with E-state index in [1.165, 1.54) is 25.5 Å². The molecule has 0 saturated carbocycles. The number of benzene rings is 3. The standard InChI is InChI=1S/C45H52N14O9S/c1-24-39(61)55-35(18-27-21-49-23-52-27)44(66)56-33(16-25-8-3-2-4-9-25)42(64)54-32(12-7-15-50-45(47)48)41(63)57-34(17-26-20-51-31-11-6-5-10-29(26)31)43(65)58-36(38(46)60)22-69-37-14-13-28(59(67)68)19-30(37)40(62)53-24/h2-6,8-11,13-14,19-21,23-24,32-36,51H,7,12,15-18,22H2,1H3,(H2,46,60)(H,49,52)(H,53,62)(H,54,64)(H,55,61)(H,56,66)(H,57,63)(H,58,65)(H4,47,48,50)/t24-,32+,33-,34+,35+,36+/m1/s1. The molecular weight excluding hydrogens is 913 g/mol. The molecule has 7 amide bonds. The molecule has 0 saturated heterocycles. The highest BCUT2D eigenvalue weighted by Crippen LogP contribution is 2.28. The largest absolute Gasteiger partial charge is 0.370 e. The highest BCUT2D eigenvalue weighted by Gasteiger charge is 2.34. The molecule has 362 valence electrons. The number of imidazole rings is 1. The first-order valence-electron chi connectivity index (χ1n) is 21.7. The third-order valence-electron chi connectivity index (χ3n) is 11.1. The topological polar surface area (TPSA) is 370 Å². The second-order valence-corrected chi connectivity index (χ2v) is 17.2. The number of hydrogen-bond donors (Lipinski definition) is 11. The summed E-state index contributed by atoms with van der Waals surface area (Å²) in [5.41, 5.74) is 18.6. The number of H-pyrrole nitrogens is 2. The molecule has 6 atom stereocenters. The Morgan fingerprint density at radius 1 is 0.768 bits per heavy atom. The first-order chi connectivity index (χ1) is 33.1. The minimum atomic E-state index is -1.43. The zero-order valence-corrected chi connectivity index (χ0v) is 38.0. The van der Waals surface area contributed by atoms with Gasteiger partial charge in [0.2, 0.25) is 35.4 Å². The molecule has 69 heavy (non-hydrogen) atoms. The number of aromatic amines is 2. The predicted octanol–water partition coefficient (Wildman–Crippen LogP) is -0.286. The van der Waals surface area contributed by atoms with Gasteiger partial charge < -0.3 is 59.1 Å². The van der Waals surface area contributed by atoms with Crippen molar-refractivity contribution in [3.63, 3.8) is 0 Å². The summed E-state index contributed by atoms with van der Waals surface area (Å²) in [4.78, 5) is 124. The zero-order chi connectivity index (χ0) is 49.6. The van der Waals surface area contributed by atoms with Crippen LogP contribution in [0.2, 0.25) is 0 Å². The molecule has 0 radical (unpaired) electrons. The van der Waals surface area contributed by atoms with Crippen molar-refractivity contribution in [1.29, 1.82) is 0 Å². The van der Waals surface area contributed by atoms with Crippen molar-refractivity contribution in [1.82, 2.24) is 46.9 Å². The summed E-state index contributed by atoms with van der Waals surface area (Å²) < 4.78 is 0. The number of para-hydroxylation sites is 1. The molecule has 23 nitrogen and oxygen atoms in total. The number of nitrogens with zero attached hydrogens (tertiary/aromatic N) is 3. The Kier molecular flexibility index (Phi) is 17.0. The number of nitro benzene ring substituents is 1. The van der Waals surface area contributed by atoms with Crippen LogP contribution < -0.4 is 49.1 Å². The summed E-state index contributed by atoms with van der Waals surface area (Å²) in [6, 6.07) is 11.1. The minimum absolute atomic E-state index is 0.0536. The molecule has 0 spiro atoms. The highest BCUT2D eigenvalue weighted by atomic mass is 32.2. The fourth-order valence-corrected chi connectivity index (χ4v) is 8.48. The summed E-state index contributed by atoms with van der Waals surface area (Å²) in [7, 11) is 0. The van der Waals surface area contributed by atoms with Crippen molar-refractivity contribution in [3.05, 3.63) is 124 Å². The summed E-state index contributed by atoms with van der Waals surface area (Å²) >= 11 is 0.862. The molecule has 14 N–H and O–H groups in total. The van der Waals surface area contributed by atoms with Gasteiger partial charge in [0.15, 0.2) is 5.96 Å². The Hall–Kier alpha value is -8.28. The summed E-state index contributed by atoms with van der Waals surface area (Å²) in [6.45, 7) is 1.39. The van der Waals surface area contributed by atoms with E-state index in [0.717, 1.165) is 34.8 Å². The quantitative estimate of drug-likeness (QED) is 0.0252. The monoisotopic (exact) mass is 964 g/mol. The number of non-ortho nitro benzene ring substituents is 1. The van der Waals surface area contributed by atoms with Crippen LogP contribution in [0.1, 0.15) is 46.9 Å². The number of aliphatic imine (C=N–C) groups is 1. The molecule has 0 aliphatic carbocycles. The molecule has 0 fully saturated rings. The first kappa shape index (κ1) is 50.1. The first-order valence-corrected chi connectivity index (χ1v) is 22.7. The van der Waals surface area contributed by atoms with Gasteiger partial charge in [-0.25, -0.2) is 4.98 Å². The maximum absolute atomic E-state index is 14.5. The fraction of sp³-hybridized carbons (Fsp3) is 0.311. The Labute approximate surface area is 398 Å². The normalized spacial score (nSPS) is 21.1. The summed E-state index contributed by atoms with van der Waals surface area (Å²) in [5, 5.41) is 28.6. The van der Waals surface area contributed by atoms with Crippen molar-refractivity contribution < 1.29 is 38.5 Å². The number of rotatable bonds is 12. The second kappa shape index (κ2) is 23.4. The van der Waals surface area contributed by atoms with Crippen molar-refractivity contribution in [2.45, 2.75) is 80.2 Å². The Morgan fingerprint density at radius 2 is 1.41 bits per heavy atom. The molecule has 24 heteroatoms. The molecule has 0 bridgehead atoms. The van der Waals surface area contributed by atoms with Gasteiger partial charge in [-0.15, -0.1) is 11.8 Å². The van der Waals surface area contributed by atoms with Crippen LogP contribution in [0.3, 0.4) is 0 Å². The lowest BCUT2D eigenvalue weighted by atomic mass is 10.0. The predicted molar refractivity (Wildman–Crippen MR) is 254 cm³/mol. The number of thioether (sulfide) groups is 1. The van der Waals surface area contributed by atoms with Gasteiger partial charge in [-0.3, -0.25) is 48.7 Å². The number of nitrogens with one attached hydrogen (secondary N) is 8. The van der Waals surface area contributed by atoms with E-state index in [0.29, 0.717) is 16.8 Å². The van der Waals surface area contributed by atoms with Gasteiger partial charge >= 0.3 is 0 Å². The molecular formula is C45H52N14O9S. The number of aromatic nitrogens is 3. The maximum Gasteiger partial charge on any atom is 0.270 e. The van der Waals surface area contributed by atoms with E-state index < -0.39 is 88.2 Å². The fourth-order valence-electron chi connectivity index (χ4n) is 7.42. The lowest BCUT2D eigenvalue weighted by Crippen LogP contribution is -2.60. The van der Waals surface area contributed by atoms with Crippen LogP contribution in [-0.2, 0) is 48.0 Å². The molecule has 3 aromatic carbocycles. The third-order valence-corrected chi connectivity index (χ3v) is 12.2. The minimum Gasteiger partial charge on any atom is -0.370 e. The SMILES string of the molecule is C[C@H]1NC(=O)c2cc([N+](=O)[O-])ccc2SC[C@@H](C(N)=O)NC(=O)[C@H](Cc2c[nH]c3ccccc23)NC(=O)[C@H](CCCN=C(N)N)NC(=O)[C@@H](Cc2ccccc2)NC(=O)[C@H](Cc2cnc[nH]2)NC1=O. The zero-order valence-electron chi connectivity index (χ0n) is 37.2. The van der Waals surface area contributed by atoms with Gasteiger partial charge in [0, 0.05) is 77.6 Å². The number of guanidine groups is 1. The lowest BCUT2D eigenvalue weighted by Gasteiger charge is -2.27. The molecule has 6 rings (SSSR count). The Balaban J connectivity index is 1.42. The van der Waals surface area contributed by atoms with Gasteiger partial charge in [-0.1, -0.05) is 48.5 Å².